The summed E-state index contributed by atoms with van der Waals surface area (Å²) in [5.41, 5.74) is 4.10. The van der Waals surface area contributed by atoms with Crippen molar-refractivity contribution in [3.8, 4) is 5.75 Å². The number of aliphatic hydroxyl groups is 1. The molecule has 0 fully saturated rings. The van der Waals surface area contributed by atoms with Gasteiger partial charge < -0.3 is 24.9 Å². The highest BCUT2D eigenvalue weighted by Crippen LogP contribution is 2.34. The molecule has 0 bridgehead atoms. The lowest BCUT2D eigenvalue weighted by atomic mass is 10.0. The molecule has 0 saturated carbocycles. The normalized spacial score (nSPS) is 14.1. The fourth-order valence-corrected chi connectivity index (χ4v) is 5.24. The molecule has 1 aliphatic rings. The minimum atomic E-state index is -0.672. The molecule has 1 aliphatic heterocycles. The Morgan fingerprint density at radius 2 is 2.21 bits per heavy atom. The molecular weight excluding hydrogens is 438 g/mol. The highest BCUT2D eigenvalue weighted by atomic mass is 32.1. The topological polar surface area (TPSA) is 96.5 Å². The van der Waals surface area contributed by atoms with Crippen LogP contribution in [0.5, 0.6) is 5.75 Å². The number of H-pyrrole nitrogens is 1. The zero-order valence-corrected chi connectivity index (χ0v) is 19.1. The van der Waals surface area contributed by atoms with Crippen LogP contribution in [0.3, 0.4) is 0 Å². The van der Waals surface area contributed by atoms with Gasteiger partial charge in [0.2, 0.25) is 0 Å². The predicted molar refractivity (Wildman–Crippen MR) is 128 cm³/mol. The number of anilines is 1. The number of ketones is 1. The van der Waals surface area contributed by atoms with Crippen LogP contribution in [0.1, 0.15) is 37.5 Å². The first-order valence-corrected chi connectivity index (χ1v) is 11.7. The number of carbonyl (C=O) groups is 1. The van der Waals surface area contributed by atoms with Crippen molar-refractivity contribution in [3.05, 3.63) is 75.4 Å². The summed E-state index contributed by atoms with van der Waals surface area (Å²) in [7, 11) is 1.60. The third-order valence-electron chi connectivity index (χ3n) is 5.78. The smallest absolute Gasteiger partial charge is 0.194 e. The third-order valence-corrected chi connectivity index (χ3v) is 7.01. The Labute approximate surface area is 195 Å². The third kappa shape index (κ3) is 4.37. The number of ether oxygens (including phenoxy) is 2. The number of aromatic amines is 1. The number of methoxy groups -OCH3 is 1. The zero-order chi connectivity index (χ0) is 22.8. The fraction of sp³-hybridized carbons (Fsp3) is 0.280. The van der Waals surface area contributed by atoms with Gasteiger partial charge in [-0.3, -0.25) is 4.79 Å². The van der Waals surface area contributed by atoms with E-state index in [1.807, 2.05) is 42.5 Å². The lowest BCUT2D eigenvalue weighted by Crippen LogP contribution is -2.21. The molecule has 33 heavy (non-hydrogen) atoms. The van der Waals surface area contributed by atoms with Gasteiger partial charge >= 0.3 is 0 Å². The zero-order valence-electron chi connectivity index (χ0n) is 18.3. The summed E-state index contributed by atoms with van der Waals surface area (Å²) in [4.78, 5) is 23.0. The van der Waals surface area contributed by atoms with Crippen molar-refractivity contribution in [3.63, 3.8) is 0 Å². The molecule has 3 heterocycles. The number of benzene rings is 2. The monoisotopic (exact) mass is 463 g/mol. The number of aromatic nitrogens is 2. The molecular formula is C25H25N3O4S. The number of rotatable bonds is 8. The first-order chi connectivity index (χ1) is 16.2. The number of Topliss-reactive ketones (excluding diaryl/α,β-unsaturated/α-hetero) is 1. The Morgan fingerprint density at radius 1 is 1.33 bits per heavy atom. The Morgan fingerprint density at radius 3 is 3.03 bits per heavy atom. The van der Waals surface area contributed by atoms with E-state index >= 15 is 0 Å². The van der Waals surface area contributed by atoms with Crippen LogP contribution in [0.4, 0.5) is 5.69 Å². The molecule has 170 valence electrons. The van der Waals surface area contributed by atoms with E-state index in [-0.39, 0.29) is 12.4 Å². The molecule has 4 aromatic rings. The summed E-state index contributed by atoms with van der Waals surface area (Å²) in [6, 6.07) is 12.8. The lowest BCUT2D eigenvalue weighted by molar-refractivity contribution is 0.0969. The van der Waals surface area contributed by atoms with Gasteiger partial charge in [-0.15, -0.1) is 11.3 Å². The Bertz CT molecular complexity index is 1270. The first kappa shape index (κ1) is 21.6. The number of fused-ring (bicyclic) bond motifs is 2. The number of hydrogen-bond donors (Lipinski definition) is 3. The van der Waals surface area contributed by atoms with Gasteiger partial charge in [0, 0.05) is 52.3 Å². The van der Waals surface area contributed by atoms with E-state index in [2.05, 4.69) is 10.3 Å². The van der Waals surface area contributed by atoms with Crippen molar-refractivity contribution in [2.45, 2.75) is 25.5 Å². The summed E-state index contributed by atoms with van der Waals surface area (Å²) in [6.45, 7) is 1.17. The number of para-hydroxylation sites is 1. The molecule has 0 aliphatic carbocycles. The van der Waals surface area contributed by atoms with Crippen LogP contribution in [0.25, 0.3) is 10.9 Å². The highest BCUT2D eigenvalue weighted by molar-refractivity contribution is 7.12. The van der Waals surface area contributed by atoms with Crippen LogP contribution in [-0.2, 0) is 24.2 Å². The van der Waals surface area contributed by atoms with E-state index in [4.69, 9.17) is 14.5 Å². The Kier molecular flexibility index (Phi) is 6.13. The van der Waals surface area contributed by atoms with Gasteiger partial charge in [0.25, 0.3) is 0 Å². The minimum Gasteiger partial charge on any atom is -0.497 e. The largest absolute Gasteiger partial charge is 0.497 e. The van der Waals surface area contributed by atoms with Gasteiger partial charge in [0.05, 0.1) is 26.0 Å². The van der Waals surface area contributed by atoms with Crippen molar-refractivity contribution in [2.24, 2.45) is 0 Å². The van der Waals surface area contributed by atoms with E-state index < -0.39 is 6.04 Å². The average molecular weight is 464 g/mol. The molecule has 1 unspecified atom stereocenters. The van der Waals surface area contributed by atoms with Gasteiger partial charge in [-0.1, -0.05) is 18.2 Å². The van der Waals surface area contributed by atoms with Crippen molar-refractivity contribution in [1.82, 2.24) is 9.97 Å². The molecule has 7 nitrogen and oxygen atoms in total. The molecule has 0 radical (unpaired) electrons. The van der Waals surface area contributed by atoms with Crippen molar-refractivity contribution >= 4 is 33.7 Å². The molecule has 5 rings (SSSR count). The minimum absolute atomic E-state index is 0.0313. The molecule has 2 aromatic carbocycles. The van der Waals surface area contributed by atoms with Crippen LogP contribution in [0.15, 0.2) is 48.7 Å². The standard InChI is InChI=1S/C25H25N3O4S/c1-31-17-11-15(6-8-29)10-16(12-17)27-23(25-28-21-14-32-9-7-22(21)33-25)24(30)19-13-26-20-5-3-2-4-18(19)20/h2-5,10-13,23,26-27,29H,6-9,14H2,1H3. The first-order valence-electron chi connectivity index (χ1n) is 10.9. The second kappa shape index (κ2) is 9.35. The summed E-state index contributed by atoms with van der Waals surface area (Å²) in [5, 5.41) is 14.4. The number of thiazole rings is 1. The second-order valence-corrected chi connectivity index (χ2v) is 9.07. The fourth-order valence-electron chi connectivity index (χ4n) is 4.14. The molecule has 3 N–H and O–H groups in total. The summed E-state index contributed by atoms with van der Waals surface area (Å²) in [6.07, 6.45) is 3.07. The van der Waals surface area contributed by atoms with E-state index in [9.17, 15) is 9.90 Å². The van der Waals surface area contributed by atoms with E-state index in [1.165, 1.54) is 4.88 Å². The lowest BCUT2D eigenvalue weighted by Gasteiger charge is -2.18. The average Bonchev–Trinajstić information content (AvgIpc) is 3.46. The van der Waals surface area contributed by atoms with Gasteiger partial charge in [-0.05, 0) is 30.2 Å². The van der Waals surface area contributed by atoms with Crippen LogP contribution in [0, 0.1) is 0 Å². The van der Waals surface area contributed by atoms with E-state index in [0.717, 1.165) is 34.3 Å². The molecule has 0 saturated heterocycles. The SMILES string of the molecule is COc1cc(CCO)cc(NC(C(=O)c2c[nH]c3ccccc23)c2nc3c(s2)CCOC3)c1. The summed E-state index contributed by atoms with van der Waals surface area (Å²) < 4.78 is 11.0. The van der Waals surface area contributed by atoms with E-state index in [1.54, 1.807) is 24.6 Å². The number of carbonyl (C=O) groups excluding carboxylic acids is 1. The molecule has 0 spiro atoms. The Balaban J connectivity index is 1.56. The second-order valence-electron chi connectivity index (χ2n) is 7.96. The van der Waals surface area contributed by atoms with Crippen molar-refractivity contribution < 1.29 is 19.4 Å². The van der Waals surface area contributed by atoms with Gasteiger partial charge in [0.15, 0.2) is 5.78 Å². The molecule has 0 amide bonds. The van der Waals surface area contributed by atoms with Gasteiger partial charge in [-0.25, -0.2) is 4.98 Å². The van der Waals surface area contributed by atoms with Crippen LogP contribution >= 0.6 is 11.3 Å². The number of hydrogen-bond acceptors (Lipinski definition) is 7. The Hall–Kier alpha value is -3.20. The number of nitrogens with zero attached hydrogens (tertiary/aromatic N) is 1. The van der Waals surface area contributed by atoms with Crippen LogP contribution in [0.2, 0.25) is 0 Å². The number of nitrogens with one attached hydrogen (secondary N) is 2. The van der Waals surface area contributed by atoms with Crippen molar-refractivity contribution in [1.29, 1.82) is 0 Å². The molecule has 1 atom stereocenters. The maximum absolute atomic E-state index is 13.9. The summed E-state index contributed by atoms with van der Waals surface area (Å²) in [5.74, 6) is 0.597. The van der Waals surface area contributed by atoms with Crippen molar-refractivity contribution in [2.75, 3.05) is 25.6 Å². The highest BCUT2D eigenvalue weighted by Gasteiger charge is 2.29. The van der Waals surface area contributed by atoms with E-state index in [0.29, 0.717) is 36.0 Å². The molecule has 2 aromatic heterocycles. The maximum atomic E-state index is 13.9. The van der Waals surface area contributed by atoms with Gasteiger partial charge in [0.1, 0.15) is 16.8 Å². The van der Waals surface area contributed by atoms with Crippen LogP contribution < -0.4 is 10.1 Å². The summed E-state index contributed by atoms with van der Waals surface area (Å²) >= 11 is 1.56. The number of aliphatic hydroxyl groups excluding tert-OH is 1. The van der Waals surface area contributed by atoms with Gasteiger partial charge in [-0.2, -0.15) is 0 Å². The quantitative estimate of drug-likeness (QED) is 0.338. The molecule has 8 heteroatoms. The predicted octanol–water partition coefficient (Wildman–Crippen LogP) is 4.28. The van der Waals surface area contributed by atoms with Crippen LogP contribution in [-0.4, -0.2) is 41.2 Å². The maximum Gasteiger partial charge on any atom is 0.194 e.